The number of tetrazole rings is 1. The third kappa shape index (κ3) is 4.93. The molecule has 1 atom stereocenters. The van der Waals surface area contributed by atoms with Crippen LogP contribution < -0.4 is 27.2 Å². The first-order valence-electron chi connectivity index (χ1n) is 10.8. The Morgan fingerprint density at radius 3 is 2.53 bits per heavy atom. The van der Waals surface area contributed by atoms with Gasteiger partial charge in [0.1, 0.15) is 4.90 Å². The lowest BCUT2D eigenvalue weighted by atomic mass is 9.95. The number of aromatic amines is 1. The molecule has 192 valence electrons. The first kappa shape index (κ1) is 25.6. The highest BCUT2D eigenvalue weighted by Gasteiger charge is 2.32. The van der Waals surface area contributed by atoms with E-state index in [1.807, 2.05) is 0 Å². The number of benzene rings is 2. The second kappa shape index (κ2) is 9.90. The van der Waals surface area contributed by atoms with E-state index in [0.29, 0.717) is 6.54 Å². The number of nitrogens with zero attached hydrogens (tertiary/aromatic N) is 3. The predicted octanol–water partition coefficient (Wildman–Crippen LogP) is -1.41. The molecule has 1 aliphatic heterocycles. The average molecular weight is 536 g/mol. The number of H-pyrrole nitrogens is 1. The number of amides is 1. The number of hydrogen-bond donors (Lipinski definition) is 6. The molecule has 2 aromatic carbocycles. The summed E-state index contributed by atoms with van der Waals surface area (Å²) in [4.78, 5) is 11.7. The van der Waals surface area contributed by atoms with Gasteiger partial charge in [-0.05, 0) is 35.9 Å². The molecular weight excluding hydrogens is 510 g/mol. The van der Waals surface area contributed by atoms with Gasteiger partial charge in [-0.15, -0.1) is 10.2 Å². The van der Waals surface area contributed by atoms with Crippen LogP contribution in [0.25, 0.3) is 22.5 Å². The molecular formula is C20H25N9O5S2. The highest BCUT2D eigenvalue weighted by Crippen LogP contribution is 2.41. The molecule has 14 nitrogen and oxygen atoms in total. The summed E-state index contributed by atoms with van der Waals surface area (Å²) in [7, 11) is -8.80. The lowest BCUT2D eigenvalue weighted by Crippen LogP contribution is -2.36. The van der Waals surface area contributed by atoms with Crippen LogP contribution in [0.1, 0.15) is 16.8 Å². The zero-order valence-electron chi connectivity index (χ0n) is 18.9. The van der Waals surface area contributed by atoms with E-state index in [2.05, 4.69) is 31.3 Å². The maximum Gasteiger partial charge on any atom is 0.253 e. The lowest BCUT2D eigenvalue weighted by molar-refractivity contribution is 0.0941. The van der Waals surface area contributed by atoms with Crippen molar-refractivity contribution in [2.24, 2.45) is 10.9 Å². The zero-order chi connectivity index (χ0) is 26.1. The number of carbonyl (C=O) groups excluding carboxylic acids is 1. The number of primary sulfonamides is 1. The van der Waals surface area contributed by atoms with Gasteiger partial charge in [-0.25, -0.2) is 22.0 Å². The molecule has 0 aliphatic carbocycles. The topological polar surface area (TPSA) is 242 Å². The number of nitrogen functional groups attached to an aromatic ring is 1. The fourth-order valence-corrected chi connectivity index (χ4v) is 6.86. The minimum Gasteiger partial charge on any atom is -0.398 e. The fourth-order valence-electron chi connectivity index (χ4n) is 4.11. The molecule has 1 fully saturated rings. The molecule has 1 aliphatic rings. The minimum absolute atomic E-state index is 0.0450. The van der Waals surface area contributed by atoms with Crippen molar-refractivity contribution >= 4 is 31.5 Å². The monoisotopic (exact) mass is 535 g/mol. The van der Waals surface area contributed by atoms with Crippen molar-refractivity contribution < 1.29 is 21.6 Å². The smallest absolute Gasteiger partial charge is 0.253 e. The molecule has 1 aromatic heterocycles. The lowest BCUT2D eigenvalue weighted by Gasteiger charge is -2.18. The molecule has 36 heavy (non-hydrogen) atoms. The van der Waals surface area contributed by atoms with E-state index in [-0.39, 0.29) is 46.4 Å². The summed E-state index contributed by atoms with van der Waals surface area (Å²) in [5, 5.41) is 25.0. The number of para-hydroxylation sites is 1. The molecule has 0 radical (unpaired) electrons. The normalized spacial score (nSPS) is 16.2. The Bertz CT molecular complexity index is 1500. The molecule has 0 saturated carbocycles. The number of nitrogens with one attached hydrogen (secondary N) is 3. The summed E-state index contributed by atoms with van der Waals surface area (Å²) in [5.74, 6) is -1.16. The van der Waals surface area contributed by atoms with E-state index in [9.17, 15) is 21.6 Å². The predicted molar refractivity (Wildman–Crippen MR) is 131 cm³/mol. The second-order valence-electron chi connectivity index (χ2n) is 8.13. The van der Waals surface area contributed by atoms with Gasteiger partial charge in [0.2, 0.25) is 15.8 Å². The van der Waals surface area contributed by atoms with Gasteiger partial charge in [0.25, 0.3) is 5.91 Å². The molecule has 4 rings (SSSR count). The Balaban J connectivity index is 1.97. The van der Waals surface area contributed by atoms with Crippen molar-refractivity contribution in [2.75, 3.05) is 31.1 Å². The van der Waals surface area contributed by atoms with Gasteiger partial charge in [0.15, 0.2) is 9.84 Å². The van der Waals surface area contributed by atoms with Crippen LogP contribution in [0.4, 0.5) is 5.69 Å². The SMILES string of the molecule is NCCS(=O)(=O)c1ccc(-c2cccc(C(=O)N[C@H]3CCNC3)c2N)c(-c2nn[nH]n2)c1S(N)(=O)=O. The van der Waals surface area contributed by atoms with Crippen LogP contribution in [0.15, 0.2) is 40.1 Å². The van der Waals surface area contributed by atoms with E-state index < -0.39 is 41.3 Å². The molecule has 3 aromatic rings. The summed E-state index contributed by atoms with van der Waals surface area (Å²) in [5.41, 5.74) is 12.2. The molecule has 2 heterocycles. The summed E-state index contributed by atoms with van der Waals surface area (Å²) >= 11 is 0. The first-order chi connectivity index (χ1) is 17.0. The Kier molecular flexibility index (Phi) is 7.05. The fraction of sp³-hybridized carbons (Fsp3) is 0.300. The average Bonchev–Trinajstić information content (AvgIpc) is 3.52. The van der Waals surface area contributed by atoms with Crippen LogP contribution in [-0.4, -0.2) is 74.8 Å². The maximum absolute atomic E-state index is 12.9. The highest BCUT2D eigenvalue weighted by molar-refractivity contribution is 7.93. The molecule has 1 amide bonds. The van der Waals surface area contributed by atoms with Crippen LogP contribution in [0.2, 0.25) is 0 Å². The number of nitrogens with two attached hydrogens (primary N) is 3. The van der Waals surface area contributed by atoms with E-state index in [1.165, 1.54) is 12.1 Å². The first-order valence-corrected chi connectivity index (χ1v) is 14.0. The number of carbonyl (C=O) groups is 1. The van der Waals surface area contributed by atoms with E-state index in [0.717, 1.165) is 19.0 Å². The molecule has 1 saturated heterocycles. The number of hydrogen-bond acceptors (Lipinski definition) is 11. The van der Waals surface area contributed by atoms with Crippen molar-refractivity contribution in [1.82, 2.24) is 31.3 Å². The molecule has 16 heteroatoms. The van der Waals surface area contributed by atoms with Gasteiger partial charge in [-0.1, -0.05) is 18.2 Å². The van der Waals surface area contributed by atoms with Crippen LogP contribution >= 0.6 is 0 Å². The Morgan fingerprint density at radius 2 is 1.92 bits per heavy atom. The van der Waals surface area contributed by atoms with Gasteiger partial charge in [0, 0.05) is 24.7 Å². The van der Waals surface area contributed by atoms with Crippen molar-refractivity contribution in [3.8, 4) is 22.5 Å². The Hall–Kier alpha value is -3.44. The van der Waals surface area contributed by atoms with Crippen LogP contribution in [-0.2, 0) is 19.9 Å². The third-order valence-electron chi connectivity index (χ3n) is 5.73. The van der Waals surface area contributed by atoms with E-state index in [1.54, 1.807) is 12.1 Å². The standard InChI is InChI=1S/C20H25N9O5S2/c21-7-9-35(31,32)15-5-4-12(16(18(15)36(23,33)34)19-26-28-29-27-19)13-2-1-3-14(17(13)22)20(30)25-11-6-8-24-10-11/h1-5,11,24H,6-10,21-22H2,(H,25,30)(H2,23,33,34)(H,26,27,28,29)/t11-/m0/s1. The van der Waals surface area contributed by atoms with Crippen LogP contribution in [0.3, 0.4) is 0 Å². The summed E-state index contributed by atoms with van der Waals surface area (Å²) in [6, 6.07) is 7.08. The summed E-state index contributed by atoms with van der Waals surface area (Å²) < 4.78 is 51.3. The van der Waals surface area contributed by atoms with Crippen LogP contribution in [0.5, 0.6) is 0 Å². The zero-order valence-corrected chi connectivity index (χ0v) is 20.6. The third-order valence-corrected chi connectivity index (χ3v) is 8.64. The molecule has 0 spiro atoms. The Morgan fingerprint density at radius 1 is 1.14 bits per heavy atom. The summed E-state index contributed by atoms with van der Waals surface area (Å²) in [6.07, 6.45) is 0.768. The largest absolute Gasteiger partial charge is 0.398 e. The number of sulfonamides is 1. The van der Waals surface area contributed by atoms with Gasteiger partial charge in [-0.3, -0.25) is 4.79 Å². The Labute approximate surface area is 207 Å². The maximum atomic E-state index is 12.9. The molecule has 9 N–H and O–H groups in total. The number of rotatable bonds is 8. The number of anilines is 1. The molecule has 0 bridgehead atoms. The van der Waals surface area contributed by atoms with Crippen molar-refractivity contribution in [3.63, 3.8) is 0 Å². The van der Waals surface area contributed by atoms with E-state index >= 15 is 0 Å². The van der Waals surface area contributed by atoms with Gasteiger partial charge in [-0.2, -0.15) is 5.21 Å². The van der Waals surface area contributed by atoms with Gasteiger partial charge in [0.05, 0.1) is 27.5 Å². The van der Waals surface area contributed by atoms with Gasteiger partial charge < -0.3 is 22.1 Å². The minimum atomic E-state index is -4.65. The van der Waals surface area contributed by atoms with Crippen molar-refractivity contribution in [2.45, 2.75) is 22.3 Å². The second-order valence-corrected chi connectivity index (χ2v) is 11.7. The summed E-state index contributed by atoms with van der Waals surface area (Å²) in [6.45, 7) is 1.17. The van der Waals surface area contributed by atoms with Crippen molar-refractivity contribution in [1.29, 1.82) is 0 Å². The number of sulfone groups is 1. The quantitative estimate of drug-likeness (QED) is 0.183. The van der Waals surface area contributed by atoms with Crippen LogP contribution in [0, 0.1) is 0 Å². The van der Waals surface area contributed by atoms with Crippen molar-refractivity contribution in [3.05, 3.63) is 35.9 Å². The highest BCUT2D eigenvalue weighted by atomic mass is 32.2. The number of aromatic nitrogens is 4. The van der Waals surface area contributed by atoms with Gasteiger partial charge >= 0.3 is 0 Å². The molecule has 0 unspecified atom stereocenters. The van der Waals surface area contributed by atoms with E-state index in [4.69, 9.17) is 16.6 Å².